The Labute approximate surface area is 120 Å². The van der Waals surface area contributed by atoms with Gasteiger partial charge in [-0.25, -0.2) is 9.97 Å². The molecule has 0 amide bonds. The Balaban J connectivity index is 1.90. The van der Waals surface area contributed by atoms with Gasteiger partial charge in [-0.15, -0.1) is 11.3 Å². The molecular weight excluding hydrogens is 282 g/mol. The van der Waals surface area contributed by atoms with Crippen LogP contribution in [0.15, 0.2) is 6.07 Å². The van der Waals surface area contributed by atoms with Gasteiger partial charge < -0.3 is 10.4 Å². The van der Waals surface area contributed by atoms with E-state index in [1.807, 2.05) is 0 Å². The zero-order valence-corrected chi connectivity index (χ0v) is 12.3. The number of aromatic nitrogens is 2. The Hall–Kier alpha value is -0.910. The molecule has 0 bridgehead atoms. The summed E-state index contributed by atoms with van der Waals surface area (Å²) in [5, 5.41) is 14.0. The van der Waals surface area contributed by atoms with Gasteiger partial charge in [-0.1, -0.05) is 6.92 Å². The van der Waals surface area contributed by atoms with Gasteiger partial charge in [0.1, 0.15) is 10.6 Å². The first-order valence-corrected chi connectivity index (χ1v) is 7.66. The number of aliphatic hydroxyl groups excluding tert-OH is 1. The summed E-state index contributed by atoms with van der Waals surface area (Å²) in [5.74, 6) is 0.783. The average molecular weight is 298 g/mol. The van der Waals surface area contributed by atoms with E-state index in [4.69, 9.17) is 11.6 Å². The van der Waals surface area contributed by atoms with Crippen molar-refractivity contribution in [3.63, 3.8) is 0 Å². The quantitative estimate of drug-likeness (QED) is 0.833. The summed E-state index contributed by atoms with van der Waals surface area (Å²) in [4.78, 5) is 10.8. The van der Waals surface area contributed by atoms with Crippen LogP contribution < -0.4 is 5.32 Å². The maximum atomic E-state index is 9.35. The number of thiophene rings is 1. The molecule has 0 spiro atoms. The van der Waals surface area contributed by atoms with Gasteiger partial charge in [0, 0.05) is 16.8 Å². The summed E-state index contributed by atoms with van der Waals surface area (Å²) in [5.41, 5.74) is 0.0490. The van der Waals surface area contributed by atoms with E-state index in [-0.39, 0.29) is 17.3 Å². The van der Waals surface area contributed by atoms with Crippen LogP contribution in [-0.2, 0) is 6.42 Å². The van der Waals surface area contributed by atoms with Crippen LogP contribution in [0.5, 0.6) is 0 Å². The van der Waals surface area contributed by atoms with Crippen LogP contribution in [0, 0.1) is 5.41 Å². The predicted octanol–water partition coefficient (Wildman–Crippen LogP) is 3.09. The van der Waals surface area contributed by atoms with E-state index in [0.717, 1.165) is 41.8 Å². The molecule has 2 aromatic heterocycles. The highest BCUT2D eigenvalue weighted by atomic mass is 35.5. The number of fused-ring (bicyclic) bond motifs is 1. The number of rotatable bonds is 5. The highest BCUT2D eigenvalue weighted by Crippen LogP contribution is 2.45. The number of aliphatic hydroxyl groups is 1. The molecule has 2 aromatic rings. The Morgan fingerprint density at radius 2 is 2.26 bits per heavy atom. The van der Waals surface area contributed by atoms with E-state index in [1.54, 1.807) is 11.3 Å². The zero-order valence-electron chi connectivity index (χ0n) is 10.7. The van der Waals surface area contributed by atoms with Gasteiger partial charge in [0.2, 0.25) is 5.28 Å². The lowest BCUT2D eigenvalue weighted by molar-refractivity contribution is 0.219. The van der Waals surface area contributed by atoms with E-state index < -0.39 is 0 Å². The molecule has 0 aromatic carbocycles. The molecule has 0 aliphatic heterocycles. The summed E-state index contributed by atoms with van der Waals surface area (Å²) in [6, 6.07) is 2.12. The summed E-state index contributed by atoms with van der Waals surface area (Å²) in [7, 11) is 0. The molecule has 1 aliphatic rings. The minimum Gasteiger partial charge on any atom is -0.396 e. The molecule has 6 heteroatoms. The molecule has 1 aliphatic carbocycles. The van der Waals surface area contributed by atoms with Crippen LogP contribution in [0.3, 0.4) is 0 Å². The number of halogens is 1. The second-order valence-electron chi connectivity index (χ2n) is 5.14. The SMILES string of the molecule is CCc1cc2c(NCC3(CO)CC3)nc(Cl)nc2s1. The molecule has 102 valence electrons. The third kappa shape index (κ3) is 2.55. The third-order valence-corrected chi connectivity index (χ3v) is 5.03. The van der Waals surface area contributed by atoms with Crippen molar-refractivity contribution in [2.75, 3.05) is 18.5 Å². The van der Waals surface area contributed by atoms with E-state index in [1.165, 1.54) is 4.88 Å². The molecule has 1 fully saturated rings. The topological polar surface area (TPSA) is 58.0 Å². The Morgan fingerprint density at radius 3 is 2.89 bits per heavy atom. The smallest absolute Gasteiger partial charge is 0.225 e. The van der Waals surface area contributed by atoms with Crippen molar-refractivity contribution in [2.24, 2.45) is 5.41 Å². The van der Waals surface area contributed by atoms with Crippen molar-refractivity contribution in [2.45, 2.75) is 26.2 Å². The molecule has 2 heterocycles. The van der Waals surface area contributed by atoms with Crippen LogP contribution in [0.25, 0.3) is 10.2 Å². The second-order valence-corrected chi connectivity index (χ2v) is 6.59. The Morgan fingerprint density at radius 1 is 1.47 bits per heavy atom. The van der Waals surface area contributed by atoms with Crippen molar-refractivity contribution in [3.05, 3.63) is 16.2 Å². The summed E-state index contributed by atoms with van der Waals surface area (Å²) in [6.45, 7) is 3.09. The Kier molecular flexibility index (Phi) is 3.37. The molecule has 0 saturated heterocycles. The first-order chi connectivity index (χ1) is 9.15. The van der Waals surface area contributed by atoms with Gasteiger partial charge in [0.25, 0.3) is 0 Å². The lowest BCUT2D eigenvalue weighted by Crippen LogP contribution is -2.19. The lowest BCUT2D eigenvalue weighted by atomic mass is 10.1. The monoisotopic (exact) mass is 297 g/mol. The number of hydrogen-bond donors (Lipinski definition) is 2. The van der Waals surface area contributed by atoms with E-state index in [9.17, 15) is 5.11 Å². The number of nitrogens with zero attached hydrogens (tertiary/aromatic N) is 2. The minimum absolute atomic E-state index is 0.0490. The van der Waals surface area contributed by atoms with E-state index in [0.29, 0.717) is 0 Å². The van der Waals surface area contributed by atoms with Gasteiger partial charge in [-0.2, -0.15) is 0 Å². The molecule has 0 atom stereocenters. The van der Waals surface area contributed by atoms with Crippen molar-refractivity contribution in [1.29, 1.82) is 0 Å². The fourth-order valence-corrected chi connectivity index (χ4v) is 3.28. The van der Waals surface area contributed by atoms with Crippen LogP contribution >= 0.6 is 22.9 Å². The number of hydrogen-bond acceptors (Lipinski definition) is 5. The van der Waals surface area contributed by atoms with Crippen molar-refractivity contribution in [3.8, 4) is 0 Å². The van der Waals surface area contributed by atoms with Crippen molar-refractivity contribution < 1.29 is 5.11 Å². The average Bonchev–Trinajstić information content (AvgIpc) is 3.08. The minimum atomic E-state index is 0.0490. The molecular formula is C13H16ClN3OS. The highest BCUT2D eigenvalue weighted by Gasteiger charge is 2.41. The Bertz CT molecular complexity index is 609. The largest absolute Gasteiger partial charge is 0.396 e. The molecule has 1 saturated carbocycles. The lowest BCUT2D eigenvalue weighted by Gasteiger charge is -2.13. The molecule has 0 unspecified atom stereocenters. The van der Waals surface area contributed by atoms with Crippen LogP contribution in [0.4, 0.5) is 5.82 Å². The molecule has 4 nitrogen and oxygen atoms in total. The normalized spacial score (nSPS) is 16.8. The van der Waals surface area contributed by atoms with Gasteiger partial charge in [0.05, 0.1) is 12.0 Å². The van der Waals surface area contributed by atoms with Crippen molar-refractivity contribution in [1.82, 2.24) is 9.97 Å². The molecule has 0 radical (unpaired) electrons. The van der Waals surface area contributed by atoms with E-state index in [2.05, 4.69) is 28.3 Å². The van der Waals surface area contributed by atoms with Crippen LogP contribution in [0.2, 0.25) is 5.28 Å². The van der Waals surface area contributed by atoms with Crippen molar-refractivity contribution >= 4 is 39.0 Å². The molecule has 2 N–H and O–H groups in total. The maximum absolute atomic E-state index is 9.35. The van der Waals surface area contributed by atoms with Crippen LogP contribution in [-0.4, -0.2) is 28.2 Å². The first-order valence-electron chi connectivity index (χ1n) is 6.46. The summed E-state index contributed by atoms with van der Waals surface area (Å²) >= 11 is 7.63. The number of nitrogens with one attached hydrogen (secondary N) is 1. The standard InChI is InChI=1S/C13H16ClN3OS/c1-2-8-5-9-10(15-6-13(7-18)3-4-13)16-12(14)17-11(9)19-8/h5,18H,2-4,6-7H2,1H3,(H,15,16,17). The summed E-state index contributed by atoms with van der Waals surface area (Å²) < 4.78 is 0. The number of anilines is 1. The van der Waals surface area contributed by atoms with Gasteiger partial charge >= 0.3 is 0 Å². The van der Waals surface area contributed by atoms with Crippen LogP contribution in [0.1, 0.15) is 24.6 Å². The number of aryl methyl sites for hydroxylation is 1. The maximum Gasteiger partial charge on any atom is 0.225 e. The molecule has 19 heavy (non-hydrogen) atoms. The third-order valence-electron chi connectivity index (χ3n) is 3.69. The highest BCUT2D eigenvalue weighted by molar-refractivity contribution is 7.18. The predicted molar refractivity (Wildman–Crippen MR) is 79.0 cm³/mol. The van der Waals surface area contributed by atoms with Gasteiger partial charge in [0.15, 0.2) is 0 Å². The first kappa shape index (κ1) is 13.1. The van der Waals surface area contributed by atoms with Gasteiger partial charge in [-0.3, -0.25) is 0 Å². The second kappa shape index (κ2) is 4.89. The zero-order chi connectivity index (χ0) is 13.5. The van der Waals surface area contributed by atoms with E-state index >= 15 is 0 Å². The van der Waals surface area contributed by atoms with Gasteiger partial charge in [-0.05, 0) is 36.9 Å². The molecule has 3 rings (SSSR count). The fraction of sp³-hybridized carbons (Fsp3) is 0.538. The summed E-state index contributed by atoms with van der Waals surface area (Å²) in [6.07, 6.45) is 3.13. The fourth-order valence-electron chi connectivity index (χ4n) is 2.09.